The zero-order valence-electron chi connectivity index (χ0n) is 15.6. The molecule has 6 nitrogen and oxygen atoms in total. The molecule has 7 heteroatoms. The Hall–Kier alpha value is -2.52. The van der Waals surface area contributed by atoms with Gasteiger partial charge in [-0.1, -0.05) is 11.6 Å². The average molecular weight is 396 g/mol. The summed E-state index contributed by atoms with van der Waals surface area (Å²) in [5.74, 6) is 0.706. The van der Waals surface area contributed by atoms with Gasteiger partial charge < -0.3 is 10.2 Å². The van der Waals surface area contributed by atoms with Crippen molar-refractivity contribution in [3.63, 3.8) is 0 Å². The Morgan fingerprint density at radius 1 is 1.21 bits per heavy atom. The highest BCUT2D eigenvalue weighted by molar-refractivity contribution is 6.32. The molecule has 144 valence electrons. The van der Waals surface area contributed by atoms with Crippen LogP contribution >= 0.6 is 11.6 Å². The van der Waals surface area contributed by atoms with E-state index in [0.29, 0.717) is 16.5 Å². The van der Waals surface area contributed by atoms with E-state index < -0.39 is 0 Å². The average Bonchev–Trinajstić information content (AvgIpc) is 3.07. The molecule has 1 fully saturated rings. The van der Waals surface area contributed by atoms with Crippen LogP contribution in [0.2, 0.25) is 5.02 Å². The molecular weight excluding hydrogens is 374 g/mol. The SMILES string of the molecule is N#Cc1cc(Cl)c2c(c1)NCC21CCN(c2nc3c(c(=O)[nH]2)CCCC3)CC1. The van der Waals surface area contributed by atoms with Gasteiger partial charge in [0.1, 0.15) is 0 Å². The van der Waals surface area contributed by atoms with E-state index >= 15 is 0 Å². The summed E-state index contributed by atoms with van der Waals surface area (Å²) in [4.78, 5) is 22.5. The molecule has 2 aromatic rings. The van der Waals surface area contributed by atoms with Crippen molar-refractivity contribution in [2.45, 2.75) is 43.9 Å². The molecule has 1 aliphatic carbocycles. The van der Waals surface area contributed by atoms with Crippen LogP contribution in [-0.4, -0.2) is 29.6 Å². The Morgan fingerprint density at radius 2 is 2.00 bits per heavy atom. The third-order valence-corrected chi connectivity index (χ3v) is 6.86. The number of hydrogen-bond donors (Lipinski definition) is 2. The molecule has 0 bridgehead atoms. The fraction of sp³-hybridized carbons (Fsp3) is 0.476. The zero-order chi connectivity index (χ0) is 19.3. The van der Waals surface area contributed by atoms with Crippen molar-refractivity contribution in [3.05, 3.63) is 49.9 Å². The van der Waals surface area contributed by atoms with Gasteiger partial charge in [-0.05, 0) is 50.7 Å². The topological polar surface area (TPSA) is 84.8 Å². The van der Waals surface area contributed by atoms with Crippen molar-refractivity contribution >= 4 is 23.2 Å². The first-order valence-electron chi connectivity index (χ1n) is 9.95. The van der Waals surface area contributed by atoms with E-state index in [2.05, 4.69) is 21.3 Å². The number of halogens is 1. The molecular formula is C21H22ClN5O. The normalized spacial score (nSPS) is 19.6. The lowest BCUT2D eigenvalue weighted by Crippen LogP contribution is -2.45. The molecule has 28 heavy (non-hydrogen) atoms. The maximum absolute atomic E-state index is 12.5. The minimum Gasteiger partial charge on any atom is -0.384 e. The van der Waals surface area contributed by atoms with Crippen LogP contribution in [0.15, 0.2) is 16.9 Å². The van der Waals surface area contributed by atoms with Crippen LogP contribution in [0, 0.1) is 11.3 Å². The highest BCUT2D eigenvalue weighted by Crippen LogP contribution is 2.48. The van der Waals surface area contributed by atoms with Crippen LogP contribution in [0.3, 0.4) is 0 Å². The number of benzene rings is 1. The van der Waals surface area contributed by atoms with Gasteiger partial charge in [-0.25, -0.2) is 4.98 Å². The largest absolute Gasteiger partial charge is 0.384 e. The predicted octanol–water partition coefficient (Wildman–Crippen LogP) is 3.14. The molecule has 3 aliphatic rings. The van der Waals surface area contributed by atoms with Crippen molar-refractivity contribution in [1.82, 2.24) is 9.97 Å². The minimum atomic E-state index is -0.0224. The smallest absolute Gasteiger partial charge is 0.255 e. The van der Waals surface area contributed by atoms with Gasteiger partial charge in [0.25, 0.3) is 5.56 Å². The van der Waals surface area contributed by atoms with Crippen molar-refractivity contribution in [1.29, 1.82) is 5.26 Å². The molecule has 2 aliphatic heterocycles. The van der Waals surface area contributed by atoms with Crippen molar-refractivity contribution in [2.24, 2.45) is 0 Å². The van der Waals surface area contributed by atoms with Crippen molar-refractivity contribution < 1.29 is 0 Å². The second kappa shape index (κ2) is 6.52. The molecule has 1 aromatic heterocycles. The minimum absolute atomic E-state index is 0.0224. The Kier molecular flexibility index (Phi) is 4.09. The summed E-state index contributed by atoms with van der Waals surface area (Å²) < 4.78 is 0. The summed E-state index contributed by atoms with van der Waals surface area (Å²) in [5, 5.41) is 13.3. The molecule has 0 saturated carbocycles. The first-order valence-corrected chi connectivity index (χ1v) is 10.3. The molecule has 0 atom stereocenters. The number of rotatable bonds is 1. The van der Waals surface area contributed by atoms with E-state index in [1.165, 1.54) is 0 Å². The van der Waals surface area contributed by atoms with Crippen LogP contribution in [0.5, 0.6) is 0 Å². The molecule has 1 spiro atoms. The number of H-pyrrole nitrogens is 1. The number of nitrogens with one attached hydrogen (secondary N) is 2. The first-order chi connectivity index (χ1) is 13.6. The zero-order valence-corrected chi connectivity index (χ0v) is 16.4. The number of hydrogen-bond acceptors (Lipinski definition) is 5. The van der Waals surface area contributed by atoms with E-state index in [4.69, 9.17) is 16.6 Å². The number of anilines is 2. The third kappa shape index (κ3) is 2.68. The molecule has 0 unspecified atom stereocenters. The van der Waals surface area contributed by atoms with Gasteiger partial charge in [0.2, 0.25) is 5.95 Å². The van der Waals surface area contributed by atoms with Crippen LogP contribution in [0.25, 0.3) is 0 Å². The predicted molar refractivity (Wildman–Crippen MR) is 109 cm³/mol. The monoisotopic (exact) mass is 395 g/mol. The van der Waals surface area contributed by atoms with Crippen LogP contribution in [0.1, 0.15) is 48.1 Å². The molecule has 5 rings (SSSR count). The van der Waals surface area contributed by atoms with Gasteiger partial charge in [-0.3, -0.25) is 9.78 Å². The molecule has 0 radical (unpaired) electrons. The highest BCUT2D eigenvalue weighted by Gasteiger charge is 2.43. The summed E-state index contributed by atoms with van der Waals surface area (Å²) in [5.41, 5.74) is 4.56. The fourth-order valence-corrected chi connectivity index (χ4v) is 5.44. The lowest BCUT2D eigenvalue weighted by atomic mass is 9.74. The van der Waals surface area contributed by atoms with Crippen molar-refractivity contribution in [2.75, 3.05) is 29.9 Å². The van der Waals surface area contributed by atoms with Gasteiger partial charge in [0.05, 0.1) is 17.3 Å². The van der Waals surface area contributed by atoms with Crippen LogP contribution in [-0.2, 0) is 18.3 Å². The summed E-state index contributed by atoms with van der Waals surface area (Å²) >= 11 is 6.57. The summed E-state index contributed by atoms with van der Waals surface area (Å²) in [7, 11) is 0. The Labute approximate surface area is 168 Å². The molecule has 0 amide bonds. The van der Waals surface area contributed by atoms with E-state index in [0.717, 1.165) is 80.7 Å². The van der Waals surface area contributed by atoms with Crippen molar-refractivity contribution in [3.8, 4) is 6.07 Å². The maximum Gasteiger partial charge on any atom is 0.255 e. The van der Waals surface area contributed by atoms with E-state index in [1.807, 2.05) is 6.07 Å². The van der Waals surface area contributed by atoms with E-state index in [9.17, 15) is 10.1 Å². The second-order valence-corrected chi connectivity index (χ2v) is 8.54. The maximum atomic E-state index is 12.5. The van der Waals surface area contributed by atoms with Crippen LogP contribution in [0.4, 0.5) is 11.6 Å². The summed E-state index contributed by atoms with van der Waals surface area (Å²) in [6.07, 6.45) is 5.78. The Balaban J connectivity index is 1.41. The van der Waals surface area contributed by atoms with Gasteiger partial charge >= 0.3 is 0 Å². The summed E-state index contributed by atoms with van der Waals surface area (Å²) in [6, 6.07) is 5.83. The lowest BCUT2D eigenvalue weighted by molar-refractivity contribution is 0.359. The standard InChI is InChI=1S/C21H22ClN5O/c22-15-9-13(11-23)10-17-18(15)21(12-24-17)5-7-27(8-6-21)20-25-16-4-2-1-3-14(16)19(28)26-20/h9-10,24H,1-8,12H2,(H,25,26,28). The van der Waals surface area contributed by atoms with Gasteiger partial charge in [0.15, 0.2) is 0 Å². The number of nitriles is 1. The molecule has 2 N–H and O–H groups in total. The third-order valence-electron chi connectivity index (χ3n) is 6.57. The number of aromatic amines is 1. The summed E-state index contributed by atoms with van der Waals surface area (Å²) in [6.45, 7) is 2.47. The number of fused-ring (bicyclic) bond motifs is 3. The van der Waals surface area contributed by atoms with Gasteiger partial charge in [-0.15, -0.1) is 0 Å². The molecule has 1 saturated heterocycles. The Morgan fingerprint density at radius 3 is 2.79 bits per heavy atom. The van der Waals surface area contributed by atoms with Gasteiger partial charge in [-0.2, -0.15) is 5.26 Å². The number of aryl methyl sites for hydroxylation is 1. The molecule has 1 aromatic carbocycles. The Bertz CT molecular complexity index is 1050. The van der Waals surface area contributed by atoms with E-state index in [1.54, 1.807) is 6.07 Å². The second-order valence-electron chi connectivity index (χ2n) is 8.14. The quantitative estimate of drug-likeness (QED) is 0.774. The number of nitrogens with zero attached hydrogens (tertiary/aromatic N) is 3. The first kappa shape index (κ1) is 17.6. The van der Waals surface area contributed by atoms with Crippen LogP contribution < -0.4 is 15.8 Å². The lowest BCUT2D eigenvalue weighted by Gasteiger charge is -2.40. The highest BCUT2D eigenvalue weighted by atomic mass is 35.5. The number of piperidine rings is 1. The fourth-order valence-electron chi connectivity index (χ4n) is 5.02. The van der Waals surface area contributed by atoms with E-state index in [-0.39, 0.29) is 11.0 Å². The number of aromatic nitrogens is 2. The van der Waals surface area contributed by atoms with Gasteiger partial charge in [0, 0.05) is 46.9 Å². The molecule has 3 heterocycles.